The maximum absolute atomic E-state index is 5.86. The number of hydrogen-bond donors (Lipinski definition) is 2. The zero-order valence-corrected chi connectivity index (χ0v) is 8.78. The maximum atomic E-state index is 5.86. The summed E-state index contributed by atoms with van der Waals surface area (Å²) >= 11 is 0. The third-order valence-corrected chi connectivity index (χ3v) is 2.33. The normalized spacial score (nSPS) is 24.2. The molecule has 0 bridgehead atoms. The Kier molecular flexibility index (Phi) is 4.71. The topological polar surface area (TPSA) is 52.0 Å². The van der Waals surface area contributed by atoms with E-state index in [0.29, 0.717) is 0 Å². The first-order valence-electron chi connectivity index (χ1n) is 3.88. The maximum Gasteiger partial charge on any atom is 0.0454 e. The fourth-order valence-corrected chi connectivity index (χ4v) is 1.66. The van der Waals surface area contributed by atoms with E-state index >= 15 is 0 Å². The summed E-state index contributed by atoms with van der Waals surface area (Å²) in [6.07, 6.45) is 0.928. The monoisotopic (exact) mass is 220 g/mol. The minimum absolute atomic E-state index is 0. The van der Waals surface area contributed by atoms with E-state index in [-0.39, 0.29) is 36.9 Å². The van der Waals surface area contributed by atoms with Gasteiger partial charge >= 0.3 is 0 Å². The summed E-state index contributed by atoms with van der Waals surface area (Å²) in [5.74, 6) is 0. The lowest BCUT2D eigenvalue weighted by Gasteiger charge is -2.08. The Balaban J connectivity index is 0.000000720. The van der Waals surface area contributed by atoms with Crippen molar-refractivity contribution >= 4 is 24.8 Å². The SMILES string of the molecule is Cl.Cl.N[C@H]1Cc2ccccc2[C@@H]1N. The van der Waals surface area contributed by atoms with E-state index in [1.165, 1.54) is 11.1 Å². The largest absolute Gasteiger partial charge is 0.326 e. The van der Waals surface area contributed by atoms with Gasteiger partial charge in [-0.05, 0) is 17.5 Å². The fraction of sp³-hybridized carbons (Fsp3) is 0.333. The van der Waals surface area contributed by atoms with Crippen LogP contribution in [0.3, 0.4) is 0 Å². The summed E-state index contributed by atoms with van der Waals surface area (Å²) in [4.78, 5) is 0. The molecule has 74 valence electrons. The highest BCUT2D eigenvalue weighted by molar-refractivity contribution is 5.85. The van der Waals surface area contributed by atoms with Gasteiger partial charge in [0.1, 0.15) is 0 Å². The molecule has 1 aliphatic rings. The molecule has 0 fully saturated rings. The molecule has 0 saturated carbocycles. The van der Waals surface area contributed by atoms with Crippen molar-refractivity contribution in [2.24, 2.45) is 11.5 Å². The van der Waals surface area contributed by atoms with Crippen molar-refractivity contribution in [1.29, 1.82) is 0 Å². The van der Waals surface area contributed by atoms with Gasteiger partial charge in [-0.25, -0.2) is 0 Å². The van der Waals surface area contributed by atoms with Crippen LogP contribution in [0.25, 0.3) is 0 Å². The van der Waals surface area contributed by atoms with Crippen molar-refractivity contribution in [3.63, 3.8) is 0 Å². The van der Waals surface area contributed by atoms with E-state index in [4.69, 9.17) is 11.5 Å². The molecule has 0 heterocycles. The number of fused-ring (bicyclic) bond motifs is 1. The second kappa shape index (κ2) is 4.82. The number of halogens is 2. The minimum atomic E-state index is 0. The highest BCUT2D eigenvalue weighted by Crippen LogP contribution is 2.27. The van der Waals surface area contributed by atoms with Crippen molar-refractivity contribution in [1.82, 2.24) is 0 Å². The second-order valence-corrected chi connectivity index (χ2v) is 3.09. The van der Waals surface area contributed by atoms with Crippen LogP contribution < -0.4 is 11.5 Å². The molecule has 2 rings (SSSR count). The Morgan fingerprint density at radius 3 is 2.31 bits per heavy atom. The molecule has 1 aromatic carbocycles. The summed E-state index contributed by atoms with van der Waals surface area (Å²) in [6.45, 7) is 0. The summed E-state index contributed by atoms with van der Waals surface area (Å²) < 4.78 is 0. The van der Waals surface area contributed by atoms with Gasteiger partial charge in [-0.15, -0.1) is 24.8 Å². The number of rotatable bonds is 0. The fourth-order valence-electron chi connectivity index (χ4n) is 1.66. The van der Waals surface area contributed by atoms with Gasteiger partial charge < -0.3 is 11.5 Å². The molecular formula is C9H14Cl2N2. The lowest BCUT2D eigenvalue weighted by Crippen LogP contribution is -2.30. The number of benzene rings is 1. The summed E-state index contributed by atoms with van der Waals surface area (Å²) in [5, 5.41) is 0. The highest BCUT2D eigenvalue weighted by atomic mass is 35.5. The van der Waals surface area contributed by atoms with Gasteiger partial charge in [-0.1, -0.05) is 24.3 Å². The van der Waals surface area contributed by atoms with Gasteiger partial charge in [0.05, 0.1) is 0 Å². The minimum Gasteiger partial charge on any atom is -0.326 e. The Hall–Kier alpha value is -0.280. The molecule has 0 aromatic heterocycles. The molecule has 0 spiro atoms. The molecule has 0 radical (unpaired) electrons. The van der Waals surface area contributed by atoms with Crippen LogP contribution in [-0.4, -0.2) is 6.04 Å². The first-order valence-corrected chi connectivity index (χ1v) is 3.88. The first-order chi connectivity index (χ1) is 5.29. The van der Waals surface area contributed by atoms with Crippen LogP contribution in [0, 0.1) is 0 Å². The molecule has 2 atom stereocenters. The lowest BCUT2D eigenvalue weighted by molar-refractivity contribution is 0.593. The smallest absolute Gasteiger partial charge is 0.0454 e. The van der Waals surface area contributed by atoms with Crippen molar-refractivity contribution in [3.8, 4) is 0 Å². The average Bonchev–Trinajstić information content (AvgIpc) is 2.30. The molecule has 0 saturated heterocycles. The summed E-state index contributed by atoms with van der Waals surface area (Å²) in [5.41, 5.74) is 14.2. The van der Waals surface area contributed by atoms with E-state index in [0.717, 1.165) is 6.42 Å². The molecule has 0 amide bonds. The van der Waals surface area contributed by atoms with Crippen LogP contribution in [0.2, 0.25) is 0 Å². The van der Waals surface area contributed by atoms with E-state index < -0.39 is 0 Å². The molecule has 1 aromatic rings. The van der Waals surface area contributed by atoms with E-state index in [1.54, 1.807) is 0 Å². The Bertz CT molecular complexity index is 278. The number of nitrogens with two attached hydrogens (primary N) is 2. The molecule has 4 N–H and O–H groups in total. The molecule has 0 aliphatic heterocycles. The highest BCUT2D eigenvalue weighted by Gasteiger charge is 2.25. The average molecular weight is 221 g/mol. The van der Waals surface area contributed by atoms with Crippen molar-refractivity contribution in [2.75, 3.05) is 0 Å². The lowest BCUT2D eigenvalue weighted by atomic mass is 10.1. The predicted octanol–water partition coefficient (Wildman–Crippen LogP) is 1.41. The van der Waals surface area contributed by atoms with Crippen LogP contribution in [0.4, 0.5) is 0 Å². The zero-order chi connectivity index (χ0) is 7.84. The second-order valence-electron chi connectivity index (χ2n) is 3.09. The quantitative estimate of drug-likeness (QED) is 0.695. The standard InChI is InChI=1S/C9H12N2.2ClH/c10-8-5-6-3-1-2-4-7(6)9(8)11;;/h1-4,8-9H,5,10-11H2;2*1H/t8-,9-;;/m0../s1. The molecule has 2 nitrogen and oxygen atoms in total. The Morgan fingerprint density at radius 2 is 1.69 bits per heavy atom. The van der Waals surface area contributed by atoms with E-state index in [9.17, 15) is 0 Å². The van der Waals surface area contributed by atoms with Gasteiger partial charge in [0.2, 0.25) is 0 Å². The molecule has 0 unspecified atom stereocenters. The van der Waals surface area contributed by atoms with Gasteiger partial charge in [0, 0.05) is 12.1 Å². The summed E-state index contributed by atoms with van der Waals surface area (Å²) in [7, 11) is 0. The molecular weight excluding hydrogens is 207 g/mol. The molecule has 4 heteroatoms. The molecule has 1 aliphatic carbocycles. The number of hydrogen-bond acceptors (Lipinski definition) is 2. The van der Waals surface area contributed by atoms with Crippen molar-refractivity contribution in [2.45, 2.75) is 18.5 Å². The van der Waals surface area contributed by atoms with E-state index in [1.807, 2.05) is 12.1 Å². The van der Waals surface area contributed by atoms with Crippen molar-refractivity contribution < 1.29 is 0 Å². The van der Waals surface area contributed by atoms with Crippen LogP contribution >= 0.6 is 24.8 Å². The summed E-state index contributed by atoms with van der Waals surface area (Å²) in [6, 6.07) is 8.37. The third kappa shape index (κ3) is 2.15. The van der Waals surface area contributed by atoms with Crippen LogP contribution in [0.1, 0.15) is 17.2 Å². The van der Waals surface area contributed by atoms with Gasteiger partial charge in [-0.2, -0.15) is 0 Å². The zero-order valence-electron chi connectivity index (χ0n) is 7.14. The molecule has 13 heavy (non-hydrogen) atoms. The van der Waals surface area contributed by atoms with Crippen LogP contribution in [-0.2, 0) is 6.42 Å². The van der Waals surface area contributed by atoms with Crippen LogP contribution in [0.5, 0.6) is 0 Å². The van der Waals surface area contributed by atoms with Gasteiger partial charge in [-0.3, -0.25) is 0 Å². The van der Waals surface area contributed by atoms with Crippen LogP contribution in [0.15, 0.2) is 24.3 Å². The van der Waals surface area contributed by atoms with Gasteiger partial charge in [0.25, 0.3) is 0 Å². The van der Waals surface area contributed by atoms with Crippen molar-refractivity contribution in [3.05, 3.63) is 35.4 Å². The van der Waals surface area contributed by atoms with E-state index in [2.05, 4.69) is 12.1 Å². The first kappa shape index (κ1) is 12.7. The predicted molar refractivity (Wildman–Crippen MR) is 59.5 cm³/mol. The third-order valence-electron chi connectivity index (χ3n) is 2.33. The Labute approximate surface area is 90.5 Å². The van der Waals surface area contributed by atoms with Gasteiger partial charge in [0.15, 0.2) is 0 Å². The Morgan fingerprint density at radius 1 is 1.08 bits per heavy atom.